The molecule has 5 aromatic rings. The van der Waals surface area contributed by atoms with Crippen LogP contribution >= 0.6 is 0 Å². The Hall–Kier alpha value is -6.77. The van der Waals surface area contributed by atoms with Gasteiger partial charge in [-0.2, -0.15) is 0 Å². The van der Waals surface area contributed by atoms with E-state index in [1.807, 2.05) is 0 Å². The lowest BCUT2D eigenvalue weighted by atomic mass is 10.2. The van der Waals surface area contributed by atoms with Gasteiger partial charge in [0.2, 0.25) is 0 Å². The number of hydrogen-bond acceptors (Lipinski definition) is 11. The Balaban J connectivity index is 1.73. The molecule has 0 fully saturated rings. The Morgan fingerprint density at radius 1 is 0.432 bits per heavy atom. The summed E-state index contributed by atoms with van der Waals surface area (Å²) in [4.78, 5) is 71.4. The van der Waals surface area contributed by atoms with Crippen LogP contribution < -0.4 is 9.80 Å². The summed E-state index contributed by atoms with van der Waals surface area (Å²) in [5.74, 6) is -4.62. The SMILES string of the molecule is O=C(O)c1ccnc(N(c2cc(C(=O)O)ccn2)c2cccc(N(c3cc(C(=O)O)ccn3)c3cc(C(=O)O)ccn3)n2)c1. The largest absolute Gasteiger partial charge is 0.478 e. The first-order valence-electron chi connectivity index (χ1n) is 12.5. The number of carbonyl (C=O) groups is 4. The highest BCUT2D eigenvalue weighted by Crippen LogP contribution is 2.36. The van der Waals surface area contributed by atoms with Crippen molar-refractivity contribution in [2.45, 2.75) is 0 Å². The minimum atomic E-state index is -1.23. The fourth-order valence-corrected chi connectivity index (χ4v) is 4.06. The van der Waals surface area contributed by atoms with Crippen molar-refractivity contribution in [3.05, 3.63) is 114 Å². The van der Waals surface area contributed by atoms with Crippen LogP contribution in [0.15, 0.2) is 91.5 Å². The molecule has 5 heterocycles. The van der Waals surface area contributed by atoms with Gasteiger partial charge in [-0.15, -0.1) is 0 Å². The highest BCUT2D eigenvalue weighted by atomic mass is 16.4. The van der Waals surface area contributed by atoms with Crippen molar-refractivity contribution in [3.63, 3.8) is 0 Å². The van der Waals surface area contributed by atoms with Crippen molar-refractivity contribution in [1.82, 2.24) is 24.9 Å². The lowest BCUT2D eigenvalue weighted by Gasteiger charge is -2.26. The average molecular weight is 594 g/mol. The smallest absolute Gasteiger partial charge is 0.335 e. The van der Waals surface area contributed by atoms with Crippen LogP contribution in [-0.2, 0) is 0 Å². The van der Waals surface area contributed by atoms with Crippen molar-refractivity contribution in [2.24, 2.45) is 0 Å². The van der Waals surface area contributed by atoms with Crippen molar-refractivity contribution < 1.29 is 39.6 Å². The van der Waals surface area contributed by atoms with E-state index in [0.29, 0.717) is 0 Å². The molecule has 15 nitrogen and oxygen atoms in total. The van der Waals surface area contributed by atoms with Crippen LogP contribution in [0, 0.1) is 0 Å². The topological polar surface area (TPSA) is 220 Å². The van der Waals surface area contributed by atoms with Gasteiger partial charge in [0.05, 0.1) is 22.3 Å². The van der Waals surface area contributed by atoms with Gasteiger partial charge in [0, 0.05) is 24.8 Å². The summed E-state index contributed by atoms with van der Waals surface area (Å²) in [6, 6.07) is 14.7. The van der Waals surface area contributed by atoms with Crippen LogP contribution in [0.1, 0.15) is 41.4 Å². The van der Waals surface area contributed by atoms with E-state index in [4.69, 9.17) is 0 Å². The van der Waals surface area contributed by atoms with Crippen LogP contribution in [0.2, 0.25) is 0 Å². The van der Waals surface area contributed by atoms with Crippen molar-refractivity contribution in [2.75, 3.05) is 9.80 Å². The molecule has 0 aliphatic rings. The van der Waals surface area contributed by atoms with Gasteiger partial charge in [-0.1, -0.05) is 6.07 Å². The standard InChI is InChI=1S/C29H19N7O8/c37-26(38)16-4-8-30-22(12-16)35(23-13-17(27(39)40)5-9-31-23)20-2-1-3-21(34-20)36(24-14-18(28(41)42)6-10-32-24)25-15-19(29(43)44)7-11-33-25/h1-15H,(H,37,38)(H,39,40)(H,41,42)(H,43,44). The molecule has 0 aliphatic carbocycles. The Morgan fingerprint density at radius 2 is 0.705 bits per heavy atom. The number of nitrogens with zero attached hydrogens (tertiary/aromatic N) is 7. The molecular formula is C29H19N7O8. The molecule has 218 valence electrons. The number of carboxylic acid groups (broad SMARTS) is 4. The molecule has 0 aliphatic heterocycles. The third-order valence-corrected chi connectivity index (χ3v) is 6.06. The first kappa shape index (κ1) is 28.7. The summed E-state index contributed by atoms with van der Waals surface area (Å²) >= 11 is 0. The molecule has 44 heavy (non-hydrogen) atoms. The second-order valence-corrected chi connectivity index (χ2v) is 8.86. The molecule has 0 aromatic carbocycles. The predicted octanol–water partition coefficient (Wildman–Crippen LogP) is 4.39. The van der Waals surface area contributed by atoms with Gasteiger partial charge in [0.1, 0.15) is 34.9 Å². The zero-order valence-electron chi connectivity index (χ0n) is 22.2. The summed E-state index contributed by atoms with van der Waals surface area (Å²) in [5.41, 5.74) is -0.457. The number of pyridine rings is 5. The normalized spacial score (nSPS) is 10.5. The van der Waals surface area contributed by atoms with Crippen LogP contribution in [0.5, 0.6) is 0 Å². The molecular weight excluding hydrogens is 574 g/mol. The zero-order valence-corrected chi connectivity index (χ0v) is 22.2. The van der Waals surface area contributed by atoms with Crippen molar-refractivity contribution in [1.29, 1.82) is 0 Å². The van der Waals surface area contributed by atoms with Crippen LogP contribution in [0.4, 0.5) is 34.9 Å². The van der Waals surface area contributed by atoms with Gasteiger partial charge >= 0.3 is 23.9 Å². The van der Waals surface area contributed by atoms with Gasteiger partial charge in [0.15, 0.2) is 0 Å². The highest BCUT2D eigenvalue weighted by molar-refractivity contribution is 5.92. The second kappa shape index (κ2) is 12.0. The molecule has 0 saturated heterocycles. The lowest BCUT2D eigenvalue weighted by molar-refractivity contribution is 0.0686. The van der Waals surface area contributed by atoms with E-state index in [1.165, 1.54) is 95.3 Å². The average Bonchev–Trinajstić information content (AvgIpc) is 3.02. The Morgan fingerprint density at radius 3 is 0.955 bits per heavy atom. The predicted molar refractivity (Wildman–Crippen MR) is 153 cm³/mol. The molecule has 0 saturated carbocycles. The summed E-state index contributed by atoms with van der Waals surface area (Å²) in [5, 5.41) is 38.3. The molecule has 15 heteroatoms. The minimum absolute atomic E-state index is 0.0353. The maximum Gasteiger partial charge on any atom is 0.335 e. The number of anilines is 6. The van der Waals surface area contributed by atoms with Gasteiger partial charge in [-0.05, 0) is 60.7 Å². The number of aromatic carboxylic acids is 4. The summed E-state index contributed by atoms with van der Waals surface area (Å²) in [7, 11) is 0. The lowest BCUT2D eigenvalue weighted by Crippen LogP contribution is -2.19. The Labute approximate surface area is 247 Å². The second-order valence-electron chi connectivity index (χ2n) is 8.86. The first-order valence-corrected chi connectivity index (χ1v) is 12.5. The summed E-state index contributed by atoms with van der Waals surface area (Å²) in [6.07, 6.45) is 5.02. The van der Waals surface area contributed by atoms with E-state index in [-0.39, 0.29) is 57.2 Å². The fourth-order valence-electron chi connectivity index (χ4n) is 4.06. The van der Waals surface area contributed by atoms with E-state index < -0.39 is 23.9 Å². The molecule has 0 amide bonds. The quantitative estimate of drug-likeness (QED) is 0.176. The molecule has 0 unspecified atom stereocenters. The van der Waals surface area contributed by atoms with Gasteiger partial charge < -0.3 is 20.4 Å². The number of carboxylic acids is 4. The van der Waals surface area contributed by atoms with Gasteiger partial charge in [-0.25, -0.2) is 44.1 Å². The molecule has 0 bridgehead atoms. The molecule has 0 spiro atoms. The van der Waals surface area contributed by atoms with Gasteiger partial charge in [-0.3, -0.25) is 9.80 Å². The minimum Gasteiger partial charge on any atom is -0.478 e. The highest BCUT2D eigenvalue weighted by Gasteiger charge is 2.24. The summed E-state index contributed by atoms with van der Waals surface area (Å²) < 4.78 is 0. The Kier molecular flexibility index (Phi) is 7.84. The van der Waals surface area contributed by atoms with E-state index in [2.05, 4.69) is 24.9 Å². The van der Waals surface area contributed by atoms with E-state index in [9.17, 15) is 39.6 Å². The third-order valence-electron chi connectivity index (χ3n) is 6.06. The maximum atomic E-state index is 11.7. The monoisotopic (exact) mass is 593 g/mol. The number of aromatic nitrogens is 5. The van der Waals surface area contributed by atoms with E-state index >= 15 is 0 Å². The van der Waals surface area contributed by atoms with Crippen LogP contribution in [0.25, 0.3) is 0 Å². The molecule has 5 aromatic heterocycles. The third kappa shape index (κ3) is 5.96. The molecule has 5 rings (SSSR count). The Bertz CT molecular complexity index is 1680. The van der Waals surface area contributed by atoms with Gasteiger partial charge in [0.25, 0.3) is 0 Å². The molecule has 0 radical (unpaired) electrons. The van der Waals surface area contributed by atoms with Crippen molar-refractivity contribution >= 4 is 58.8 Å². The van der Waals surface area contributed by atoms with E-state index in [1.54, 1.807) is 6.07 Å². The molecule has 0 atom stereocenters. The first-order chi connectivity index (χ1) is 21.1. The van der Waals surface area contributed by atoms with Crippen LogP contribution in [0.3, 0.4) is 0 Å². The summed E-state index contributed by atoms with van der Waals surface area (Å²) in [6.45, 7) is 0. The fraction of sp³-hybridized carbons (Fsp3) is 0. The van der Waals surface area contributed by atoms with E-state index in [0.717, 1.165) is 0 Å². The zero-order chi connectivity index (χ0) is 31.4. The van der Waals surface area contributed by atoms with Crippen molar-refractivity contribution in [3.8, 4) is 0 Å². The van der Waals surface area contributed by atoms with Crippen LogP contribution in [-0.4, -0.2) is 69.2 Å². The maximum absolute atomic E-state index is 11.7. The number of hydrogen-bond donors (Lipinski definition) is 4. The molecule has 4 N–H and O–H groups in total. The number of rotatable bonds is 10.